The fourth-order valence-corrected chi connectivity index (χ4v) is 2.99. The molecule has 0 saturated carbocycles. The quantitative estimate of drug-likeness (QED) is 0.742. The molecule has 0 aromatic rings. The first-order valence-electron chi connectivity index (χ1n) is 7.78. The molecule has 0 radical (unpaired) electrons. The van der Waals surface area contributed by atoms with Crippen LogP contribution in [0.4, 0.5) is 0 Å². The van der Waals surface area contributed by atoms with E-state index in [1.165, 1.54) is 32.2 Å². The predicted molar refractivity (Wildman–Crippen MR) is 80.0 cm³/mol. The summed E-state index contributed by atoms with van der Waals surface area (Å²) in [5, 5.41) is 3.23. The van der Waals surface area contributed by atoms with Gasteiger partial charge in [-0.3, -0.25) is 4.79 Å². The first kappa shape index (κ1) is 16.4. The second-order valence-electron chi connectivity index (χ2n) is 6.06. The Morgan fingerprint density at radius 2 is 2.16 bits per heavy atom. The molecular weight excluding hydrogens is 238 g/mol. The lowest BCUT2D eigenvalue weighted by molar-refractivity contribution is -0.124. The van der Waals surface area contributed by atoms with Crippen LogP contribution in [0.3, 0.4) is 0 Å². The van der Waals surface area contributed by atoms with Gasteiger partial charge in [0.25, 0.3) is 0 Å². The van der Waals surface area contributed by atoms with Crippen molar-refractivity contribution in [3.05, 3.63) is 0 Å². The van der Waals surface area contributed by atoms with Crippen molar-refractivity contribution in [1.82, 2.24) is 10.2 Å². The number of nitrogens with two attached hydrogens (primary N) is 1. The van der Waals surface area contributed by atoms with Gasteiger partial charge in [-0.25, -0.2) is 0 Å². The van der Waals surface area contributed by atoms with E-state index in [4.69, 9.17) is 5.73 Å². The number of nitrogens with zero attached hydrogens (tertiary/aromatic N) is 1. The average Bonchev–Trinajstić information content (AvgIpc) is 2.55. The molecule has 4 heteroatoms. The average molecular weight is 269 g/mol. The van der Waals surface area contributed by atoms with E-state index in [2.05, 4.69) is 17.1 Å². The number of hydrogen-bond donors (Lipinski definition) is 2. The van der Waals surface area contributed by atoms with Gasteiger partial charge in [0.1, 0.15) is 0 Å². The molecule has 0 spiro atoms. The smallest absolute Gasteiger partial charge is 0.237 e. The highest BCUT2D eigenvalue weighted by molar-refractivity contribution is 5.84. The molecule has 2 atom stereocenters. The van der Waals surface area contributed by atoms with E-state index in [9.17, 15) is 4.79 Å². The molecule has 0 aliphatic carbocycles. The van der Waals surface area contributed by atoms with Gasteiger partial charge in [-0.1, -0.05) is 19.8 Å². The van der Waals surface area contributed by atoms with Crippen LogP contribution in [0, 0.1) is 0 Å². The topological polar surface area (TPSA) is 58.4 Å². The zero-order valence-electron chi connectivity index (χ0n) is 12.9. The van der Waals surface area contributed by atoms with E-state index < -0.39 is 5.54 Å². The molecule has 1 saturated heterocycles. The number of carbonyl (C=O) groups is 1. The lowest BCUT2D eigenvalue weighted by Crippen LogP contribution is -2.53. The van der Waals surface area contributed by atoms with E-state index in [0.29, 0.717) is 6.04 Å². The van der Waals surface area contributed by atoms with Crippen molar-refractivity contribution in [2.45, 2.75) is 70.9 Å². The molecule has 0 bridgehead atoms. The first-order valence-corrected chi connectivity index (χ1v) is 7.78. The summed E-state index contributed by atoms with van der Waals surface area (Å²) in [5.74, 6) is -0.238. The number of likely N-dealkylation sites (N-methyl/N-ethyl adjacent to an activating group) is 1. The van der Waals surface area contributed by atoms with Crippen LogP contribution in [0.25, 0.3) is 0 Å². The molecule has 1 heterocycles. The molecule has 2 unspecified atom stereocenters. The Hall–Kier alpha value is -0.610. The minimum absolute atomic E-state index is 0.238. The summed E-state index contributed by atoms with van der Waals surface area (Å²) >= 11 is 0. The van der Waals surface area contributed by atoms with Crippen LogP contribution in [0.2, 0.25) is 0 Å². The molecule has 0 aromatic carbocycles. The monoisotopic (exact) mass is 269 g/mol. The van der Waals surface area contributed by atoms with Gasteiger partial charge in [-0.15, -0.1) is 0 Å². The second kappa shape index (κ2) is 7.85. The summed E-state index contributed by atoms with van der Waals surface area (Å²) in [4.78, 5) is 14.1. The number of carbonyl (C=O) groups excluding carboxylic acids is 1. The van der Waals surface area contributed by atoms with Crippen molar-refractivity contribution in [2.75, 3.05) is 19.6 Å². The normalized spacial score (nSPS) is 24.7. The van der Waals surface area contributed by atoms with Gasteiger partial charge in [0.2, 0.25) is 5.91 Å². The fourth-order valence-electron chi connectivity index (χ4n) is 2.99. The van der Waals surface area contributed by atoms with Gasteiger partial charge in [-0.2, -0.15) is 0 Å². The zero-order valence-corrected chi connectivity index (χ0v) is 12.9. The van der Waals surface area contributed by atoms with Gasteiger partial charge < -0.3 is 16.0 Å². The van der Waals surface area contributed by atoms with Crippen LogP contribution in [0.1, 0.15) is 59.3 Å². The highest BCUT2D eigenvalue weighted by atomic mass is 16.1. The molecule has 1 aliphatic heterocycles. The maximum atomic E-state index is 11.6. The molecule has 3 N–H and O–H groups in total. The number of likely N-dealkylation sites (tertiary alicyclic amines) is 1. The van der Waals surface area contributed by atoms with Crippen LogP contribution in [-0.2, 0) is 4.79 Å². The molecular formula is C15H31N3O. The Bertz CT molecular complexity index is 283. The summed E-state index contributed by atoms with van der Waals surface area (Å²) in [7, 11) is 0. The predicted octanol–water partition coefficient (Wildman–Crippen LogP) is 1.88. The number of rotatable bonds is 7. The summed E-state index contributed by atoms with van der Waals surface area (Å²) in [6.45, 7) is 9.32. The zero-order chi connectivity index (χ0) is 14.3. The third-order valence-corrected chi connectivity index (χ3v) is 4.42. The summed E-state index contributed by atoms with van der Waals surface area (Å²) in [6.07, 6.45) is 7.17. The molecule has 4 nitrogen and oxygen atoms in total. The molecule has 112 valence electrons. The van der Waals surface area contributed by atoms with Gasteiger partial charge in [0.05, 0.1) is 5.54 Å². The molecule has 1 amide bonds. The van der Waals surface area contributed by atoms with Gasteiger partial charge >= 0.3 is 0 Å². The molecule has 1 rings (SSSR count). The number of primary amides is 1. The van der Waals surface area contributed by atoms with Crippen LogP contribution in [0.15, 0.2) is 0 Å². The van der Waals surface area contributed by atoms with E-state index in [1.807, 2.05) is 13.8 Å². The van der Waals surface area contributed by atoms with Crippen molar-refractivity contribution in [2.24, 2.45) is 5.73 Å². The second-order valence-corrected chi connectivity index (χ2v) is 6.06. The maximum absolute atomic E-state index is 11.6. The van der Waals surface area contributed by atoms with E-state index in [0.717, 1.165) is 25.9 Å². The Morgan fingerprint density at radius 3 is 2.79 bits per heavy atom. The van der Waals surface area contributed by atoms with E-state index in [-0.39, 0.29) is 5.91 Å². The number of hydrogen-bond acceptors (Lipinski definition) is 3. The minimum atomic E-state index is -0.552. The van der Waals surface area contributed by atoms with Crippen molar-refractivity contribution in [1.29, 1.82) is 0 Å². The van der Waals surface area contributed by atoms with Gasteiger partial charge in [-0.05, 0) is 59.2 Å². The van der Waals surface area contributed by atoms with Gasteiger partial charge in [0, 0.05) is 6.04 Å². The Balaban J connectivity index is 2.40. The van der Waals surface area contributed by atoms with Crippen LogP contribution in [-0.4, -0.2) is 42.0 Å². The number of amides is 1. The lowest BCUT2D eigenvalue weighted by atomic mass is 9.94. The Morgan fingerprint density at radius 1 is 1.42 bits per heavy atom. The SMILES string of the molecule is CCNC(C)(CCCN1CCCCCC1C)C(N)=O. The third kappa shape index (κ3) is 5.11. The van der Waals surface area contributed by atoms with Gasteiger partial charge in [0.15, 0.2) is 0 Å². The summed E-state index contributed by atoms with van der Waals surface area (Å²) < 4.78 is 0. The van der Waals surface area contributed by atoms with Crippen LogP contribution < -0.4 is 11.1 Å². The third-order valence-electron chi connectivity index (χ3n) is 4.42. The molecule has 1 fully saturated rings. The lowest BCUT2D eigenvalue weighted by Gasteiger charge is -2.30. The van der Waals surface area contributed by atoms with Crippen molar-refractivity contribution >= 4 is 5.91 Å². The van der Waals surface area contributed by atoms with Crippen molar-refractivity contribution in [3.8, 4) is 0 Å². The largest absolute Gasteiger partial charge is 0.368 e. The maximum Gasteiger partial charge on any atom is 0.237 e. The number of nitrogens with one attached hydrogen (secondary N) is 1. The van der Waals surface area contributed by atoms with Crippen molar-refractivity contribution < 1.29 is 4.79 Å². The van der Waals surface area contributed by atoms with E-state index in [1.54, 1.807) is 0 Å². The highest BCUT2D eigenvalue weighted by Gasteiger charge is 2.29. The van der Waals surface area contributed by atoms with Crippen molar-refractivity contribution in [3.63, 3.8) is 0 Å². The van der Waals surface area contributed by atoms with Crippen LogP contribution in [0.5, 0.6) is 0 Å². The first-order chi connectivity index (χ1) is 8.99. The highest BCUT2D eigenvalue weighted by Crippen LogP contribution is 2.18. The molecule has 0 aromatic heterocycles. The van der Waals surface area contributed by atoms with Crippen LogP contribution >= 0.6 is 0 Å². The summed E-state index contributed by atoms with van der Waals surface area (Å²) in [5.41, 5.74) is 4.96. The fraction of sp³-hybridized carbons (Fsp3) is 0.933. The standard InChI is InChI=1S/C15H31N3O/c1-4-17-15(3,14(16)19)10-8-12-18-11-7-5-6-9-13(18)2/h13,17H,4-12H2,1-3H3,(H2,16,19). The Labute approximate surface area is 118 Å². The molecule has 19 heavy (non-hydrogen) atoms. The summed E-state index contributed by atoms with van der Waals surface area (Å²) in [6, 6.07) is 0.682. The minimum Gasteiger partial charge on any atom is -0.368 e. The van der Waals surface area contributed by atoms with E-state index >= 15 is 0 Å². The Kier molecular flexibility index (Phi) is 6.80. The molecule has 1 aliphatic rings.